The topological polar surface area (TPSA) is 49.4 Å². The molecule has 0 radical (unpaired) electrons. The average Bonchev–Trinajstić information content (AvgIpc) is 3.05. The normalized spacial score (nSPS) is 13.4. The quantitative estimate of drug-likeness (QED) is 0.0798. The molecule has 0 heterocycles. The van der Waals surface area contributed by atoms with E-state index in [2.05, 4.69) is 133 Å². The van der Waals surface area contributed by atoms with E-state index in [0.29, 0.717) is 46.2 Å². The Morgan fingerprint density at radius 2 is 1.02 bits per heavy atom. The fourth-order valence-corrected chi connectivity index (χ4v) is 5.16. The monoisotopic (exact) mass is 665 g/mol. The van der Waals surface area contributed by atoms with Gasteiger partial charge in [-0.2, -0.15) is 0 Å². The molecule has 0 amide bonds. The lowest BCUT2D eigenvalue weighted by molar-refractivity contribution is -0.870. The van der Waals surface area contributed by atoms with Crippen LogP contribution in [0.5, 0.6) is 0 Å². The third kappa shape index (κ3) is 17.0. The van der Waals surface area contributed by atoms with Crippen LogP contribution in [0.3, 0.4) is 0 Å². The number of hydrogen-bond donors (Lipinski definition) is 0. The molecule has 0 spiro atoms. The van der Waals surface area contributed by atoms with Crippen molar-refractivity contribution in [2.24, 2.45) is 0 Å². The summed E-state index contributed by atoms with van der Waals surface area (Å²) >= 11 is 0. The fraction of sp³-hybridized carbons (Fsp3) is 0.550. The van der Waals surface area contributed by atoms with Crippen molar-refractivity contribution in [2.75, 3.05) is 126 Å². The molecule has 266 valence electrons. The van der Waals surface area contributed by atoms with Crippen LogP contribution in [0, 0.1) is 6.92 Å². The summed E-state index contributed by atoms with van der Waals surface area (Å²) in [6, 6.07) is 29.8. The fourth-order valence-electron chi connectivity index (χ4n) is 5.16. The highest BCUT2D eigenvalue weighted by Crippen LogP contribution is 2.27. The number of ether oxygens (including phenoxy) is 5. The number of aryl methyl sites for hydroxylation is 1. The summed E-state index contributed by atoms with van der Waals surface area (Å²) in [6.45, 7) is 10.4. The molecule has 3 aromatic carbocycles. The van der Waals surface area contributed by atoms with E-state index in [1.165, 1.54) is 16.8 Å². The van der Waals surface area contributed by atoms with Gasteiger partial charge in [-0.3, -0.25) is 0 Å². The zero-order valence-electron chi connectivity index (χ0n) is 30.8. The molecule has 0 bridgehead atoms. The van der Waals surface area contributed by atoms with Crippen molar-refractivity contribution in [1.29, 1.82) is 0 Å². The van der Waals surface area contributed by atoms with Crippen LogP contribution in [0.2, 0.25) is 0 Å². The zero-order chi connectivity index (χ0) is 34.7. The van der Waals surface area contributed by atoms with E-state index in [1.54, 1.807) is 0 Å². The molecular formula is C40H63N3O5+2. The Kier molecular flexibility index (Phi) is 17.6. The minimum Gasteiger partial charge on any atom is -0.377 e. The minimum absolute atomic E-state index is 0.0467. The molecule has 2 atom stereocenters. The number of benzene rings is 3. The van der Waals surface area contributed by atoms with Crippen molar-refractivity contribution in [2.45, 2.75) is 25.6 Å². The highest BCUT2D eigenvalue weighted by Gasteiger charge is 2.21. The number of anilines is 1. The summed E-state index contributed by atoms with van der Waals surface area (Å²) in [5, 5.41) is 0. The van der Waals surface area contributed by atoms with Gasteiger partial charge < -0.3 is 37.6 Å². The Bertz CT molecular complexity index is 1250. The van der Waals surface area contributed by atoms with E-state index in [-0.39, 0.29) is 12.2 Å². The number of quaternary nitrogens is 2. The van der Waals surface area contributed by atoms with Crippen molar-refractivity contribution in [3.8, 4) is 0 Å². The summed E-state index contributed by atoms with van der Waals surface area (Å²) in [7, 11) is 13.0. The summed E-state index contributed by atoms with van der Waals surface area (Å²) in [5.41, 5.74) is 4.74. The van der Waals surface area contributed by atoms with Gasteiger partial charge in [0.05, 0.1) is 101 Å². The highest BCUT2D eigenvalue weighted by molar-refractivity contribution is 5.49. The first-order chi connectivity index (χ1) is 23.0. The number of likely N-dealkylation sites (N-methyl/N-ethyl adjacent to an activating group) is 2. The van der Waals surface area contributed by atoms with Crippen LogP contribution < -0.4 is 4.90 Å². The largest absolute Gasteiger partial charge is 0.377 e. The molecule has 0 N–H and O–H groups in total. The maximum Gasteiger partial charge on any atom is 0.102 e. The van der Waals surface area contributed by atoms with E-state index in [4.69, 9.17) is 23.7 Å². The van der Waals surface area contributed by atoms with Crippen LogP contribution in [-0.2, 0) is 23.7 Å². The first-order valence-corrected chi connectivity index (χ1v) is 17.5. The van der Waals surface area contributed by atoms with E-state index in [9.17, 15) is 0 Å². The van der Waals surface area contributed by atoms with Crippen LogP contribution in [0.1, 0.15) is 35.3 Å². The lowest BCUT2D eigenvalue weighted by Gasteiger charge is -2.31. The molecule has 3 aromatic rings. The molecule has 8 heteroatoms. The standard InChI is InChI=1S/C40H63N3O5/c1-35-15-14-20-38(33-35)41(22-21-39(36-16-10-8-11-17-36)47-31-29-45-26-24-43(5,6)7)34-40(37-18-12-9-13-19-37)48-32-30-46-28-27-44-25-23-42(2,3)4/h8-20,33,39-40H,21-32,34H2,1-7H3/q+2. The first-order valence-electron chi connectivity index (χ1n) is 17.5. The van der Waals surface area contributed by atoms with Crippen molar-refractivity contribution in [1.82, 2.24) is 0 Å². The molecule has 0 saturated carbocycles. The smallest absolute Gasteiger partial charge is 0.102 e. The van der Waals surface area contributed by atoms with E-state index in [1.807, 2.05) is 6.07 Å². The van der Waals surface area contributed by atoms with Crippen molar-refractivity contribution in [3.63, 3.8) is 0 Å². The van der Waals surface area contributed by atoms with E-state index < -0.39 is 0 Å². The van der Waals surface area contributed by atoms with Gasteiger partial charge in [-0.25, -0.2) is 0 Å². The molecule has 0 aliphatic heterocycles. The minimum atomic E-state index is -0.123. The Morgan fingerprint density at radius 1 is 0.542 bits per heavy atom. The number of nitrogens with zero attached hydrogens (tertiary/aromatic N) is 3. The van der Waals surface area contributed by atoms with E-state index in [0.717, 1.165) is 53.8 Å². The van der Waals surface area contributed by atoms with E-state index >= 15 is 0 Å². The van der Waals surface area contributed by atoms with Gasteiger partial charge in [-0.05, 0) is 42.2 Å². The summed E-state index contributed by atoms with van der Waals surface area (Å²) in [5.74, 6) is 0. The second-order valence-electron chi connectivity index (χ2n) is 14.5. The van der Waals surface area contributed by atoms with Crippen LogP contribution in [-0.4, -0.2) is 130 Å². The van der Waals surface area contributed by atoms with Gasteiger partial charge in [0.15, 0.2) is 0 Å². The van der Waals surface area contributed by atoms with Crippen LogP contribution in [0.4, 0.5) is 5.69 Å². The molecule has 0 saturated heterocycles. The number of hydrogen-bond acceptors (Lipinski definition) is 6. The van der Waals surface area contributed by atoms with Gasteiger partial charge in [0.25, 0.3) is 0 Å². The van der Waals surface area contributed by atoms with Gasteiger partial charge in [0, 0.05) is 18.8 Å². The van der Waals surface area contributed by atoms with Gasteiger partial charge >= 0.3 is 0 Å². The second kappa shape index (κ2) is 21.3. The highest BCUT2D eigenvalue weighted by atomic mass is 16.5. The van der Waals surface area contributed by atoms with Gasteiger partial charge in [-0.1, -0.05) is 72.8 Å². The first kappa shape index (κ1) is 39.6. The molecule has 0 aliphatic rings. The molecule has 48 heavy (non-hydrogen) atoms. The van der Waals surface area contributed by atoms with Gasteiger partial charge in [0.1, 0.15) is 19.2 Å². The number of rotatable bonds is 25. The van der Waals surface area contributed by atoms with Gasteiger partial charge in [-0.15, -0.1) is 0 Å². The van der Waals surface area contributed by atoms with Crippen molar-refractivity contribution >= 4 is 5.69 Å². The maximum atomic E-state index is 6.54. The second-order valence-corrected chi connectivity index (χ2v) is 14.5. The molecule has 8 nitrogen and oxygen atoms in total. The predicted octanol–water partition coefficient (Wildman–Crippen LogP) is 6.17. The lowest BCUT2D eigenvalue weighted by Crippen LogP contribution is -2.37. The van der Waals surface area contributed by atoms with Crippen LogP contribution in [0.15, 0.2) is 84.9 Å². The molecule has 0 aliphatic carbocycles. The average molecular weight is 666 g/mol. The van der Waals surface area contributed by atoms with Crippen LogP contribution >= 0.6 is 0 Å². The summed E-state index contributed by atoms with van der Waals surface area (Å²) in [6.07, 6.45) is 0.659. The van der Waals surface area contributed by atoms with Crippen molar-refractivity contribution < 1.29 is 32.7 Å². The molecular weight excluding hydrogens is 602 g/mol. The van der Waals surface area contributed by atoms with Gasteiger partial charge in [0.2, 0.25) is 0 Å². The predicted molar refractivity (Wildman–Crippen MR) is 197 cm³/mol. The lowest BCUT2D eigenvalue weighted by atomic mass is 10.0. The zero-order valence-corrected chi connectivity index (χ0v) is 30.8. The maximum absolute atomic E-state index is 6.54. The SMILES string of the molecule is Cc1cccc(N(CCC(OCCOCC[N+](C)(C)C)c2ccccc2)CC(OCCOCCOCC[N+](C)(C)C)c2ccccc2)c1. The molecule has 0 aromatic heterocycles. The third-order valence-electron chi connectivity index (χ3n) is 8.04. The molecule has 3 rings (SSSR count). The Hall–Kier alpha value is -2.82. The molecule has 0 fully saturated rings. The Morgan fingerprint density at radius 3 is 1.54 bits per heavy atom. The third-order valence-corrected chi connectivity index (χ3v) is 8.04. The summed E-state index contributed by atoms with van der Waals surface area (Å²) in [4.78, 5) is 2.43. The van der Waals surface area contributed by atoms with Crippen LogP contribution in [0.25, 0.3) is 0 Å². The van der Waals surface area contributed by atoms with Crippen molar-refractivity contribution in [3.05, 3.63) is 102 Å². The summed E-state index contributed by atoms with van der Waals surface area (Å²) < 4.78 is 32.3. The Labute approximate surface area is 291 Å². The molecule has 2 unspecified atom stereocenters. The Balaban J connectivity index is 1.63.